The lowest BCUT2D eigenvalue weighted by Gasteiger charge is -2.12. The summed E-state index contributed by atoms with van der Waals surface area (Å²) in [5.41, 5.74) is 7.47. The van der Waals surface area contributed by atoms with E-state index in [1.54, 1.807) is 0 Å². The molecule has 1 aromatic carbocycles. The zero-order valence-corrected chi connectivity index (χ0v) is 9.00. The number of nitrogens with two attached hydrogens (primary N) is 1. The molecule has 0 aliphatic carbocycles. The van der Waals surface area contributed by atoms with Gasteiger partial charge in [-0.3, -0.25) is 0 Å². The fraction of sp³-hybridized carbons (Fsp3) is 0.455. The van der Waals surface area contributed by atoms with E-state index in [0.29, 0.717) is 0 Å². The molecule has 1 rings (SSSR count). The van der Waals surface area contributed by atoms with Gasteiger partial charge in [0.2, 0.25) is 0 Å². The van der Waals surface area contributed by atoms with Crippen molar-refractivity contribution in [2.75, 3.05) is 17.6 Å². The Morgan fingerprint density at radius 1 is 1.36 bits per heavy atom. The molecule has 3 N–H and O–H groups in total. The van der Waals surface area contributed by atoms with Crippen molar-refractivity contribution in [3.8, 4) is 5.75 Å². The minimum atomic E-state index is 0.172. The van der Waals surface area contributed by atoms with Crippen LogP contribution in [0.1, 0.15) is 20.8 Å². The van der Waals surface area contributed by atoms with E-state index < -0.39 is 0 Å². The summed E-state index contributed by atoms with van der Waals surface area (Å²) in [6.07, 6.45) is 0.172. The molecule has 78 valence electrons. The standard InChI is InChI=1S/C11H18N2O/c1-4-13-10-5-9(12)6-11(7-10)14-8(2)3/h5-8,13H,4,12H2,1-3H3. The van der Waals surface area contributed by atoms with E-state index in [1.165, 1.54) is 0 Å². The van der Waals surface area contributed by atoms with Gasteiger partial charge in [-0.05, 0) is 26.8 Å². The summed E-state index contributed by atoms with van der Waals surface area (Å²) in [5, 5.41) is 3.20. The molecule has 0 heterocycles. The maximum atomic E-state index is 5.75. The zero-order chi connectivity index (χ0) is 10.6. The van der Waals surface area contributed by atoms with E-state index in [4.69, 9.17) is 10.5 Å². The molecule has 14 heavy (non-hydrogen) atoms. The molecule has 0 saturated heterocycles. The smallest absolute Gasteiger partial charge is 0.123 e. The van der Waals surface area contributed by atoms with Crippen LogP contribution in [0.15, 0.2) is 18.2 Å². The summed E-state index contributed by atoms with van der Waals surface area (Å²) in [4.78, 5) is 0. The fourth-order valence-corrected chi connectivity index (χ4v) is 1.27. The van der Waals surface area contributed by atoms with Gasteiger partial charge in [0.15, 0.2) is 0 Å². The van der Waals surface area contributed by atoms with Crippen LogP contribution in [-0.4, -0.2) is 12.6 Å². The van der Waals surface area contributed by atoms with Crippen LogP contribution in [0.2, 0.25) is 0 Å². The Bertz CT molecular complexity index is 297. The second-order valence-electron chi connectivity index (χ2n) is 3.49. The number of hydrogen-bond acceptors (Lipinski definition) is 3. The summed E-state index contributed by atoms with van der Waals surface area (Å²) in [5.74, 6) is 0.816. The van der Waals surface area contributed by atoms with Crippen molar-refractivity contribution in [3.63, 3.8) is 0 Å². The predicted octanol–water partition coefficient (Wildman–Crippen LogP) is 2.49. The normalized spacial score (nSPS) is 10.3. The van der Waals surface area contributed by atoms with Crippen LogP contribution >= 0.6 is 0 Å². The Kier molecular flexibility index (Phi) is 3.63. The third-order valence-electron chi connectivity index (χ3n) is 1.68. The van der Waals surface area contributed by atoms with Crippen molar-refractivity contribution in [1.29, 1.82) is 0 Å². The lowest BCUT2D eigenvalue weighted by atomic mass is 10.2. The average Bonchev–Trinajstić information content (AvgIpc) is 2.01. The molecule has 3 nitrogen and oxygen atoms in total. The van der Waals surface area contributed by atoms with Crippen molar-refractivity contribution < 1.29 is 4.74 Å². The van der Waals surface area contributed by atoms with E-state index in [1.807, 2.05) is 39.0 Å². The van der Waals surface area contributed by atoms with Gasteiger partial charge in [0.25, 0.3) is 0 Å². The quantitative estimate of drug-likeness (QED) is 0.724. The molecular formula is C11H18N2O. The van der Waals surface area contributed by atoms with E-state index in [2.05, 4.69) is 5.32 Å². The largest absolute Gasteiger partial charge is 0.491 e. The molecule has 0 amide bonds. The molecule has 0 saturated carbocycles. The average molecular weight is 194 g/mol. The van der Waals surface area contributed by atoms with Crippen LogP contribution in [0.25, 0.3) is 0 Å². The van der Waals surface area contributed by atoms with Crippen LogP contribution < -0.4 is 15.8 Å². The van der Waals surface area contributed by atoms with E-state index in [0.717, 1.165) is 23.7 Å². The third kappa shape index (κ3) is 3.17. The summed E-state index contributed by atoms with van der Waals surface area (Å²) in [6.45, 7) is 6.92. The van der Waals surface area contributed by atoms with Crippen molar-refractivity contribution >= 4 is 11.4 Å². The van der Waals surface area contributed by atoms with Crippen LogP contribution in [-0.2, 0) is 0 Å². The number of nitrogen functional groups attached to an aromatic ring is 1. The molecule has 3 heteroatoms. The Balaban J connectivity index is 2.83. The molecule has 0 unspecified atom stereocenters. The lowest BCUT2D eigenvalue weighted by molar-refractivity contribution is 0.242. The van der Waals surface area contributed by atoms with Crippen molar-refractivity contribution in [2.45, 2.75) is 26.9 Å². The van der Waals surface area contributed by atoms with Gasteiger partial charge in [-0.15, -0.1) is 0 Å². The van der Waals surface area contributed by atoms with Gasteiger partial charge < -0.3 is 15.8 Å². The number of hydrogen-bond donors (Lipinski definition) is 2. The molecule has 0 aliphatic rings. The van der Waals surface area contributed by atoms with Crippen molar-refractivity contribution in [1.82, 2.24) is 0 Å². The fourth-order valence-electron chi connectivity index (χ4n) is 1.27. The highest BCUT2D eigenvalue weighted by molar-refractivity contribution is 5.59. The Morgan fingerprint density at radius 2 is 2.07 bits per heavy atom. The number of nitrogens with one attached hydrogen (secondary N) is 1. The van der Waals surface area contributed by atoms with Gasteiger partial charge in [-0.2, -0.15) is 0 Å². The summed E-state index contributed by atoms with van der Waals surface area (Å²) >= 11 is 0. The highest BCUT2D eigenvalue weighted by atomic mass is 16.5. The first-order valence-corrected chi connectivity index (χ1v) is 4.93. The van der Waals surface area contributed by atoms with Gasteiger partial charge in [0.05, 0.1) is 6.10 Å². The molecule has 0 aliphatic heterocycles. The summed E-state index contributed by atoms with van der Waals surface area (Å²) in [7, 11) is 0. The predicted molar refractivity (Wildman–Crippen MR) is 60.8 cm³/mol. The second kappa shape index (κ2) is 4.74. The topological polar surface area (TPSA) is 47.3 Å². The van der Waals surface area contributed by atoms with Crippen molar-refractivity contribution in [3.05, 3.63) is 18.2 Å². The maximum absolute atomic E-state index is 5.75. The number of benzene rings is 1. The Labute approximate surface area is 85.3 Å². The van der Waals surface area contributed by atoms with Gasteiger partial charge in [0.1, 0.15) is 5.75 Å². The molecule has 0 radical (unpaired) electrons. The molecule has 0 fully saturated rings. The van der Waals surface area contributed by atoms with Gasteiger partial charge in [-0.25, -0.2) is 0 Å². The first-order chi connectivity index (χ1) is 6.61. The highest BCUT2D eigenvalue weighted by Crippen LogP contribution is 2.23. The Hall–Kier alpha value is -1.38. The second-order valence-corrected chi connectivity index (χ2v) is 3.49. The minimum absolute atomic E-state index is 0.172. The van der Waals surface area contributed by atoms with Gasteiger partial charge in [0, 0.05) is 30.1 Å². The van der Waals surface area contributed by atoms with E-state index >= 15 is 0 Å². The van der Waals surface area contributed by atoms with Crippen LogP contribution in [0.3, 0.4) is 0 Å². The van der Waals surface area contributed by atoms with Crippen LogP contribution in [0.4, 0.5) is 11.4 Å². The molecular weight excluding hydrogens is 176 g/mol. The molecule has 0 bridgehead atoms. The van der Waals surface area contributed by atoms with Gasteiger partial charge >= 0.3 is 0 Å². The van der Waals surface area contributed by atoms with Crippen molar-refractivity contribution in [2.24, 2.45) is 0 Å². The third-order valence-corrected chi connectivity index (χ3v) is 1.68. The van der Waals surface area contributed by atoms with E-state index in [-0.39, 0.29) is 6.10 Å². The number of rotatable bonds is 4. The Morgan fingerprint density at radius 3 is 2.64 bits per heavy atom. The van der Waals surface area contributed by atoms with Gasteiger partial charge in [-0.1, -0.05) is 0 Å². The number of anilines is 2. The zero-order valence-electron chi connectivity index (χ0n) is 9.00. The van der Waals surface area contributed by atoms with Crippen LogP contribution in [0, 0.1) is 0 Å². The SMILES string of the molecule is CCNc1cc(N)cc(OC(C)C)c1. The van der Waals surface area contributed by atoms with E-state index in [9.17, 15) is 0 Å². The molecule has 0 spiro atoms. The molecule has 0 atom stereocenters. The maximum Gasteiger partial charge on any atom is 0.123 e. The number of ether oxygens (including phenoxy) is 1. The van der Waals surface area contributed by atoms with Crippen LogP contribution in [0.5, 0.6) is 5.75 Å². The monoisotopic (exact) mass is 194 g/mol. The summed E-state index contributed by atoms with van der Waals surface area (Å²) < 4.78 is 5.56. The lowest BCUT2D eigenvalue weighted by Crippen LogP contribution is -2.06. The minimum Gasteiger partial charge on any atom is -0.491 e. The molecule has 1 aromatic rings. The summed E-state index contributed by atoms with van der Waals surface area (Å²) in [6, 6.07) is 5.69. The first-order valence-electron chi connectivity index (χ1n) is 4.93. The highest BCUT2D eigenvalue weighted by Gasteiger charge is 2.01. The first kappa shape index (κ1) is 10.7. The molecule has 0 aromatic heterocycles.